The summed E-state index contributed by atoms with van der Waals surface area (Å²) in [5.41, 5.74) is 3.67. The third-order valence-electron chi connectivity index (χ3n) is 6.29. The molecule has 2 N–H and O–H groups in total. The van der Waals surface area contributed by atoms with Crippen molar-refractivity contribution in [1.82, 2.24) is 9.88 Å². The fourth-order valence-electron chi connectivity index (χ4n) is 4.49. The standard InChI is InChI=1S/C27H25N3O3S/c31-17-25-21(10-13-34-25)19-6-9-22-23(14-19)24(27(33)29-26(22)32)15-28-20-7-4-18(5-8-20)16-30-11-2-1-3-12-30/h4-10,13-15,17H,1-3,11-12,16H2,(H2,29,32,33). The Morgan fingerprint density at radius 3 is 2.59 bits per heavy atom. The topological polar surface area (TPSA) is 85.8 Å². The maximum atomic E-state index is 12.4. The Balaban J connectivity index is 1.46. The lowest BCUT2D eigenvalue weighted by Crippen LogP contribution is -2.28. The van der Waals surface area contributed by atoms with E-state index in [1.807, 2.05) is 35.7 Å². The smallest absolute Gasteiger partial charge is 0.258 e. The van der Waals surface area contributed by atoms with Gasteiger partial charge in [0.2, 0.25) is 5.88 Å². The summed E-state index contributed by atoms with van der Waals surface area (Å²) in [7, 11) is 0. The molecule has 172 valence electrons. The van der Waals surface area contributed by atoms with Crippen molar-refractivity contribution in [3.05, 3.63) is 80.3 Å². The Morgan fingerprint density at radius 2 is 1.82 bits per heavy atom. The Hall–Kier alpha value is -3.55. The zero-order valence-corrected chi connectivity index (χ0v) is 19.5. The highest BCUT2D eigenvalue weighted by atomic mass is 32.1. The number of H-pyrrole nitrogens is 1. The van der Waals surface area contributed by atoms with Crippen LogP contribution >= 0.6 is 11.3 Å². The third-order valence-corrected chi connectivity index (χ3v) is 7.13. The van der Waals surface area contributed by atoms with E-state index in [0.29, 0.717) is 21.2 Å². The Labute approximate surface area is 201 Å². The second-order valence-electron chi connectivity index (χ2n) is 8.55. The Bertz CT molecular complexity index is 1410. The minimum absolute atomic E-state index is 0.235. The van der Waals surface area contributed by atoms with Crippen LogP contribution in [0.4, 0.5) is 5.69 Å². The molecule has 3 heterocycles. The van der Waals surface area contributed by atoms with Crippen LogP contribution in [0, 0.1) is 0 Å². The van der Waals surface area contributed by atoms with Crippen LogP contribution in [0.5, 0.6) is 5.88 Å². The van der Waals surface area contributed by atoms with Gasteiger partial charge in [0.1, 0.15) is 0 Å². The van der Waals surface area contributed by atoms with E-state index < -0.39 is 0 Å². The number of thiophene rings is 1. The first-order chi connectivity index (χ1) is 16.6. The fourth-order valence-corrected chi connectivity index (χ4v) is 5.21. The van der Waals surface area contributed by atoms with Crippen molar-refractivity contribution in [2.75, 3.05) is 13.1 Å². The zero-order chi connectivity index (χ0) is 23.5. The number of aromatic amines is 1. The van der Waals surface area contributed by atoms with Gasteiger partial charge >= 0.3 is 0 Å². The molecule has 34 heavy (non-hydrogen) atoms. The summed E-state index contributed by atoms with van der Waals surface area (Å²) < 4.78 is 0. The average molecular weight is 472 g/mol. The molecule has 4 aromatic rings. The summed E-state index contributed by atoms with van der Waals surface area (Å²) >= 11 is 1.37. The molecule has 1 saturated heterocycles. The highest BCUT2D eigenvalue weighted by Crippen LogP contribution is 2.31. The lowest BCUT2D eigenvalue weighted by molar-refractivity contribution is 0.112. The normalized spacial score (nSPS) is 14.7. The van der Waals surface area contributed by atoms with Crippen molar-refractivity contribution in [2.45, 2.75) is 25.8 Å². The van der Waals surface area contributed by atoms with E-state index >= 15 is 0 Å². The highest BCUT2D eigenvalue weighted by molar-refractivity contribution is 7.12. The van der Waals surface area contributed by atoms with Gasteiger partial charge in [-0.05, 0) is 72.8 Å². The van der Waals surface area contributed by atoms with E-state index in [1.165, 1.54) is 36.2 Å². The number of carbonyl (C=O) groups is 1. The van der Waals surface area contributed by atoms with Crippen LogP contribution in [-0.2, 0) is 6.54 Å². The van der Waals surface area contributed by atoms with E-state index in [1.54, 1.807) is 12.3 Å². The molecule has 0 saturated carbocycles. The average Bonchev–Trinajstić information content (AvgIpc) is 3.34. The number of piperidine rings is 1. The van der Waals surface area contributed by atoms with Gasteiger partial charge in [-0.15, -0.1) is 11.3 Å². The molecule has 5 rings (SSSR count). The molecule has 0 unspecified atom stereocenters. The number of likely N-dealkylation sites (tertiary alicyclic amines) is 1. The maximum Gasteiger partial charge on any atom is 0.258 e. The van der Waals surface area contributed by atoms with E-state index in [2.05, 4.69) is 27.0 Å². The number of nitrogens with zero attached hydrogens (tertiary/aromatic N) is 2. The van der Waals surface area contributed by atoms with Crippen molar-refractivity contribution in [1.29, 1.82) is 0 Å². The molecule has 7 heteroatoms. The summed E-state index contributed by atoms with van der Waals surface area (Å²) in [5.74, 6) is -0.235. The zero-order valence-electron chi connectivity index (χ0n) is 18.7. The molecule has 0 aliphatic carbocycles. The summed E-state index contributed by atoms with van der Waals surface area (Å²) in [5, 5.41) is 13.4. The van der Waals surface area contributed by atoms with Crippen LogP contribution in [0.2, 0.25) is 0 Å². The van der Waals surface area contributed by atoms with Gasteiger partial charge in [0.25, 0.3) is 5.56 Å². The largest absolute Gasteiger partial charge is 0.494 e. The van der Waals surface area contributed by atoms with Crippen LogP contribution < -0.4 is 5.56 Å². The number of pyridine rings is 1. The first kappa shape index (κ1) is 22.3. The molecule has 2 aromatic heterocycles. The molecule has 0 bridgehead atoms. The number of aromatic hydroxyl groups is 1. The number of nitrogens with one attached hydrogen (secondary N) is 1. The number of benzene rings is 2. The van der Waals surface area contributed by atoms with E-state index in [0.717, 1.165) is 42.7 Å². The lowest BCUT2D eigenvalue weighted by Gasteiger charge is -2.26. The molecular weight excluding hydrogens is 446 g/mol. The number of aliphatic imine (C=N–C) groups is 1. The summed E-state index contributed by atoms with van der Waals surface area (Å²) in [4.78, 5) is 34.0. The highest BCUT2D eigenvalue weighted by Gasteiger charge is 2.13. The van der Waals surface area contributed by atoms with Crippen LogP contribution in [0.1, 0.15) is 40.1 Å². The van der Waals surface area contributed by atoms with Crippen molar-refractivity contribution in [2.24, 2.45) is 4.99 Å². The second-order valence-corrected chi connectivity index (χ2v) is 9.50. The maximum absolute atomic E-state index is 12.4. The monoisotopic (exact) mass is 471 g/mol. The lowest BCUT2D eigenvalue weighted by atomic mass is 10.00. The number of aldehydes is 1. The molecule has 1 aliphatic heterocycles. The van der Waals surface area contributed by atoms with Crippen LogP contribution in [0.3, 0.4) is 0 Å². The number of hydrogen-bond donors (Lipinski definition) is 2. The van der Waals surface area contributed by atoms with Crippen molar-refractivity contribution >= 4 is 40.3 Å². The Morgan fingerprint density at radius 1 is 1.03 bits per heavy atom. The molecule has 0 atom stereocenters. The number of fused-ring (bicyclic) bond motifs is 1. The Kier molecular flexibility index (Phi) is 6.38. The predicted molar refractivity (Wildman–Crippen MR) is 138 cm³/mol. The second kappa shape index (κ2) is 9.75. The number of hydrogen-bond acceptors (Lipinski definition) is 6. The van der Waals surface area contributed by atoms with Gasteiger partial charge in [0.05, 0.1) is 16.1 Å². The van der Waals surface area contributed by atoms with E-state index in [-0.39, 0.29) is 11.4 Å². The molecule has 0 radical (unpaired) electrons. The molecule has 2 aromatic carbocycles. The van der Waals surface area contributed by atoms with Gasteiger partial charge in [-0.1, -0.05) is 24.6 Å². The van der Waals surface area contributed by atoms with Gasteiger partial charge in [-0.2, -0.15) is 0 Å². The van der Waals surface area contributed by atoms with Gasteiger partial charge in [0, 0.05) is 29.1 Å². The van der Waals surface area contributed by atoms with E-state index in [9.17, 15) is 14.7 Å². The van der Waals surface area contributed by atoms with Crippen molar-refractivity contribution < 1.29 is 9.90 Å². The van der Waals surface area contributed by atoms with Gasteiger partial charge in [-0.3, -0.25) is 24.5 Å². The molecule has 0 spiro atoms. The first-order valence-corrected chi connectivity index (χ1v) is 12.3. The number of carbonyl (C=O) groups excluding carboxylic acids is 1. The number of aromatic nitrogens is 1. The van der Waals surface area contributed by atoms with E-state index in [4.69, 9.17) is 0 Å². The SMILES string of the molecule is O=Cc1sccc1-c1ccc2c(=O)[nH]c(O)c(C=Nc3ccc(CN4CCCCC4)cc3)c2c1. The van der Waals surface area contributed by atoms with Crippen LogP contribution in [0.15, 0.2) is 63.7 Å². The van der Waals surface area contributed by atoms with Crippen molar-refractivity contribution in [3.8, 4) is 17.0 Å². The van der Waals surface area contributed by atoms with Crippen molar-refractivity contribution in [3.63, 3.8) is 0 Å². The molecule has 6 nitrogen and oxygen atoms in total. The quantitative estimate of drug-likeness (QED) is 0.287. The summed E-state index contributed by atoms with van der Waals surface area (Å²) in [6.07, 6.45) is 6.26. The van der Waals surface area contributed by atoms with Crippen LogP contribution in [-0.4, -0.2) is 40.6 Å². The summed E-state index contributed by atoms with van der Waals surface area (Å²) in [6, 6.07) is 15.3. The molecule has 1 fully saturated rings. The number of rotatable bonds is 6. The molecular formula is C27H25N3O3S. The summed E-state index contributed by atoms with van der Waals surface area (Å²) in [6.45, 7) is 3.25. The molecule has 1 aliphatic rings. The van der Waals surface area contributed by atoms with Crippen LogP contribution in [0.25, 0.3) is 21.9 Å². The van der Waals surface area contributed by atoms with Gasteiger partial charge < -0.3 is 5.11 Å². The van der Waals surface area contributed by atoms with Gasteiger partial charge in [-0.25, -0.2) is 0 Å². The first-order valence-electron chi connectivity index (χ1n) is 11.4. The minimum atomic E-state index is -0.376. The minimum Gasteiger partial charge on any atom is -0.494 e. The fraction of sp³-hybridized carbons (Fsp3) is 0.222. The van der Waals surface area contributed by atoms with Gasteiger partial charge in [0.15, 0.2) is 6.29 Å². The predicted octanol–water partition coefficient (Wildman–Crippen LogP) is 5.51. The molecule has 0 amide bonds. The third kappa shape index (κ3) is 4.58.